The molecule has 0 radical (unpaired) electrons. The summed E-state index contributed by atoms with van der Waals surface area (Å²) in [7, 11) is 0. The summed E-state index contributed by atoms with van der Waals surface area (Å²) >= 11 is 2.63. The Bertz CT molecular complexity index is 407. The molecule has 0 unspecified atom stereocenters. The summed E-state index contributed by atoms with van der Waals surface area (Å²) in [6.07, 6.45) is 27.9. The van der Waals surface area contributed by atoms with Crippen molar-refractivity contribution in [2.24, 2.45) is 0 Å². The summed E-state index contributed by atoms with van der Waals surface area (Å²) < 4.78 is 9.90. The van der Waals surface area contributed by atoms with Crippen molar-refractivity contribution in [3.63, 3.8) is 0 Å². The summed E-state index contributed by atoms with van der Waals surface area (Å²) in [5.74, 6) is 1.68. The normalized spacial score (nSPS) is 10.6. The number of carbonyl (C=O) groups excluding carboxylic acids is 2. The molecule has 216 valence electrons. The molecule has 0 heterocycles. The number of unbranched alkanes of at least 4 members (excludes halogenated alkanes) is 18. The van der Waals surface area contributed by atoms with Gasteiger partial charge in [-0.1, -0.05) is 143 Å². The minimum atomic E-state index is -0.105. The molecule has 6 heteroatoms. The highest BCUT2D eigenvalue weighted by atomic mass is 32.2. The highest BCUT2D eigenvalue weighted by molar-refractivity contribution is 7.95. The van der Waals surface area contributed by atoms with E-state index in [1.165, 1.54) is 140 Å². The Morgan fingerprint density at radius 1 is 0.417 bits per heavy atom. The van der Waals surface area contributed by atoms with Crippen molar-refractivity contribution < 1.29 is 18.0 Å². The minimum absolute atomic E-state index is 0.105. The van der Waals surface area contributed by atoms with Crippen molar-refractivity contribution in [3.05, 3.63) is 0 Å². The van der Waals surface area contributed by atoms with Crippen molar-refractivity contribution in [1.29, 1.82) is 0 Å². The van der Waals surface area contributed by atoms with Gasteiger partial charge in [0.25, 0.3) is 0 Å². The zero-order valence-electron chi connectivity index (χ0n) is 24.4. The topological polar surface area (TPSA) is 52.6 Å². The number of hydrogen-bond acceptors (Lipinski definition) is 6. The molecule has 0 fully saturated rings. The largest absolute Gasteiger partial charge is 0.391 e. The molecule has 0 atom stereocenters. The van der Waals surface area contributed by atoms with E-state index in [-0.39, 0.29) is 11.9 Å². The van der Waals surface area contributed by atoms with E-state index >= 15 is 0 Å². The fraction of sp³-hybridized carbons (Fsp3) is 0.933. The summed E-state index contributed by atoms with van der Waals surface area (Å²) in [6, 6.07) is 0. The van der Waals surface area contributed by atoms with Crippen LogP contribution in [-0.4, -0.2) is 23.4 Å². The van der Waals surface area contributed by atoms with Gasteiger partial charge in [0.05, 0.1) is 24.1 Å². The van der Waals surface area contributed by atoms with Gasteiger partial charge in [-0.2, -0.15) is 0 Å². The van der Waals surface area contributed by atoms with E-state index in [1.54, 1.807) is 0 Å². The highest BCUT2D eigenvalue weighted by Crippen LogP contribution is 2.14. The van der Waals surface area contributed by atoms with Crippen LogP contribution in [0.15, 0.2) is 0 Å². The number of rotatable bonds is 26. The van der Waals surface area contributed by atoms with Gasteiger partial charge in [0.1, 0.15) is 0 Å². The van der Waals surface area contributed by atoms with Gasteiger partial charge in [-0.15, -0.1) is 0 Å². The second-order valence-electron chi connectivity index (χ2n) is 9.63. The third kappa shape index (κ3) is 35.8. The molecular formula is C30H60O4S2. The molecule has 0 spiro atoms. The molecule has 0 N–H and O–H groups in total. The minimum Gasteiger partial charge on any atom is -0.391 e. The van der Waals surface area contributed by atoms with Crippen molar-refractivity contribution in [1.82, 2.24) is 0 Å². The Hall–Kier alpha value is -0.360. The Balaban J connectivity index is 0. The van der Waals surface area contributed by atoms with Gasteiger partial charge in [-0.3, -0.25) is 9.59 Å². The second-order valence-corrected chi connectivity index (χ2v) is 11.2. The molecule has 0 aliphatic carbocycles. The molecule has 0 rings (SSSR count). The molecule has 0 saturated heterocycles. The van der Waals surface area contributed by atoms with E-state index in [0.717, 1.165) is 24.3 Å². The van der Waals surface area contributed by atoms with Crippen LogP contribution in [0.3, 0.4) is 0 Å². The van der Waals surface area contributed by atoms with Crippen LogP contribution in [0.5, 0.6) is 0 Å². The molecule has 0 aliphatic rings. The molecule has 0 aliphatic heterocycles. The van der Waals surface area contributed by atoms with Crippen molar-refractivity contribution >= 4 is 36.0 Å². The highest BCUT2D eigenvalue weighted by Gasteiger charge is 2.00. The van der Waals surface area contributed by atoms with Crippen LogP contribution in [0, 0.1) is 0 Å². The lowest BCUT2D eigenvalue weighted by molar-refractivity contribution is -0.133. The van der Waals surface area contributed by atoms with E-state index in [4.69, 9.17) is 8.37 Å². The number of carbonyl (C=O) groups is 2. The van der Waals surface area contributed by atoms with Crippen molar-refractivity contribution in [2.45, 2.75) is 169 Å². The lowest BCUT2D eigenvalue weighted by Gasteiger charge is -2.02. The molecule has 36 heavy (non-hydrogen) atoms. The lowest BCUT2D eigenvalue weighted by atomic mass is 10.1. The first-order valence-electron chi connectivity index (χ1n) is 15.3. The Labute approximate surface area is 234 Å². The zero-order valence-corrected chi connectivity index (χ0v) is 26.1. The van der Waals surface area contributed by atoms with E-state index < -0.39 is 0 Å². The van der Waals surface area contributed by atoms with Gasteiger partial charge in [0, 0.05) is 24.3 Å². The summed E-state index contributed by atoms with van der Waals surface area (Å²) in [5.41, 5.74) is 0. The van der Waals surface area contributed by atoms with E-state index in [9.17, 15) is 9.59 Å². The molecule has 0 aromatic carbocycles. The molecule has 0 aromatic heterocycles. The Morgan fingerprint density at radius 3 is 0.917 bits per heavy atom. The zero-order chi connectivity index (χ0) is 27.0. The third-order valence-corrected chi connectivity index (χ3v) is 7.56. The van der Waals surface area contributed by atoms with E-state index in [2.05, 4.69) is 13.8 Å². The van der Waals surface area contributed by atoms with Crippen molar-refractivity contribution in [3.8, 4) is 0 Å². The van der Waals surface area contributed by atoms with Gasteiger partial charge < -0.3 is 8.37 Å². The fourth-order valence-electron chi connectivity index (χ4n) is 3.63. The average Bonchev–Trinajstić information content (AvgIpc) is 2.89. The molecule has 4 nitrogen and oxygen atoms in total. The maximum absolute atomic E-state index is 10.9. The SMILES string of the molecule is CCCCCCCCCCCCSOC(=O)CC.CCCCCCCCCCCCSOC(=O)CC. The van der Waals surface area contributed by atoms with Gasteiger partial charge in [-0.05, 0) is 12.8 Å². The summed E-state index contributed by atoms with van der Waals surface area (Å²) in [4.78, 5) is 21.7. The number of hydrogen-bond donors (Lipinski definition) is 0. The fourth-order valence-corrected chi connectivity index (χ4v) is 4.94. The van der Waals surface area contributed by atoms with Gasteiger partial charge in [0.2, 0.25) is 0 Å². The van der Waals surface area contributed by atoms with Crippen LogP contribution in [-0.2, 0) is 18.0 Å². The summed E-state index contributed by atoms with van der Waals surface area (Å²) in [6.45, 7) is 8.17. The van der Waals surface area contributed by atoms with Crippen LogP contribution in [0.2, 0.25) is 0 Å². The maximum atomic E-state index is 10.9. The maximum Gasteiger partial charge on any atom is 0.317 e. The van der Waals surface area contributed by atoms with Crippen LogP contribution < -0.4 is 0 Å². The van der Waals surface area contributed by atoms with Gasteiger partial charge >= 0.3 is 11.9 Å². The predicted octanol–water partition coefficient (Wildman–Crippen LogP) is 11.0. The van der Waals surface area contributed by atoms with E-state index in [0.29, 0.717) is 12.8 Å². The standard InChI is InChI=1S/2C15H30O2S/c2*1-3-5-6-7-8-9-10-11-12-13-14-18-17-15(16)4-2/h2*3-14H2,1-2H3. The molecule has 0 bridgehead atoms. The quantitative estimate of drug-likeness (QED) is 0.0791. The predicted molar refractivity (Wildman–Crippen MR) is 161 cm³/mol. The van der Waals surface area contributed by atoms with Gasteiger partial charge in [0.15, 0.2) is 0 Å². The van der Waals surface area contributed by atoms with E-state index in [1.807, 2.05) is 13.8 Å². The monoisotopic (exact) mass is 548 g/mol. The van der Waals surface area contributed by atoms with Crippen molar-refractivity contribution in [2.75, 3.05) is 11.5 Å². The second kappa shape index (κ2) is 34.6. The Morgan fingerprint density at radius 2 is 0.667 bits per heavy atom. The van der Waals surface area contributed by atoms with Crippen LogP contribution in [0.1, 0.15) is 169 Å². The first-order chi connectivity index (χ1) is 17.6. The summed E-state index contributed by atoms with van der Waals surface area (Å²) in [5, 5.41) is 0. The van der Waals surface area contributed by atoms with Crippen LogP contribution >= 0.6 is 24.1 Å². The molecule has 0 saturated carbocycles. The molecule has 0 aromatic rings. The average molecular weight is 549 g/mol. The van der Waals surface area contributed by atoms with Crippen LogP contribution in [0.25, 0.3) is 0 Å². The molecule has 0 amide bonds. The third-order valence-electron chi connectivity index (χ3n) is 6.04. The smallest absolute Gasteiger partial charge is 0.317 e. The first-order valence-corrected chi connectivity index (χ1v) is 17.1. The van der Waals surface area contributed by atoms with Gasteiger partial charge in [-0.25, -0.2) is 0 Å². The Kier molecular flexibility index (Phi) is 36.4. The first kappa shape index (κ1) is 37.8. The molecular weight excluding hydrogens is 488 g/mol. The van der Waals surface area contributed by atoms with Crippen LogP contribution in [0.4, 0.5) is 0 Å². The lowest BCUT2D eigenvalue weighted by Crippen LogP contribution is -1.96.